The first-order chi connectivity index (χ1) is 36.5. The van der Waals surface area contributed by atoms with Crippen molar-refractivity contribution in [3.8, 4) is 0 Å². The summed E-state index contributed by atoms with van der Waals surface area (Å²) < 4.78 is 44.8. The lowest BCUT2D eigenvalue weighted by atomic mass is 9.93. The Bertz CT molecular complexity index is 1810. The minimum absolute atomic E-state index is 0. The van der Waals surface area contributed by atoms with Crippen molar-refractivity contribution < 1.29 is 70.1 Å². The Balaban J connectivity index is 0.0000148. The zero-order chi connectivity index (χ0) is 54.4. The van der Waals surface area contributed by atoms with Gasteiger partial charge in [0.1, 0.15) is 37.9 Å². The number of hydrogen-bond acceptors (Lipinski definition) is 8. The van der Waals surface area contributed by atoms with Crippen molar-refractivity contribution >= 4 is 29.7 Å². The molecule has 0 aliphatic rings. The van der Waals surface area contributed by atoms with Crippen LogP contribution in [0, 0.1) is 20.8 Å². The molecule has 77 heavy (non-hydrogen) atoms. The molecule has 0 fully saturated rings. The molecule has 1 aromatic carbocycles. The van der Waals surface area contributed by atoms with E-state index in [1.807, 2.05) is 41.5 Å². The molecular formula is C57H106Cl2N8O8Si2. The van der Waals surface area contributed by atoms with E-state index in [1.165, 1.54) is 92.0 Å². The first-order valence-electron chi connectivity index (χ1n) is 29.5. The van der Waals surface area contributed by atoms with E-state index in [4.69, 9.17) is 26.6 Å². The summed E-state index contributed by atoms with van der Waals surface area (Å²) in [5, 5.41) is 12.1. The first kappa shape index (κ1) is 72.0. The molecule has 4 amide bonds. The van der Waals surface area contributed by atoms with Gasteiger partial charge in [0.15, 0.2) is 0 Å². The fourth-order valence-corrected chi connectivity index (χ4v) is 15.3. The Morgan fingerprint density at radius 1 is 0.442 bits per heavy atom. The van der Waals surface area contributed by atoms with Crippen LogP contribution in [0.3, 0.4) is 0 Å². The third kappa shape index (κ3) is 29.8. The topological polar surface area (TPSA) is 155 Å². The van der Waals surface area contributed by atoms with Crippen molar-refractivity contribution in [3.63, 3.8) is 0 Å². The monoisotopic (exact) mass is 1160 g/mol. The lowest BCUT2D eigenvalue weighted by molar-refractivity contribution is -0.689. The summed E-state index contributed by atoms with van der Waals surface area (Å²) in [5.74, 6) is 0. The average Bonchev–Trinajstić information content (AvgIpc) is 4.05. The Kier molecular flexibility index (Phi) is 40.9. The molecule has 0 atom stereocenters. The van der Waals surface area contributed by atoms with Crippen LogP contribution in [0.1, 0.15) is 185 Å². The van der Waals surface area contributed by atoms with Gasteiger partial charge >= 0.3 is 29.7 Å². The second kappa shape index (κ2) is 43.7. The summed E-state index contributed by atoms with van der Waals surface area (Å²) in [5.41, 5.74) is 6.64. The Hall–Kier alpha value is -3.05. The highest BCUT2D eigenvalue weighted by molar-refractivity contribution is 6.61. The third-order valence-electron chi connectivity index (χ3n) is 13.8. The van der Waals surface area contributed by atoms with Crippen molar-refractivity contribution in [2.75, 3.05) is 65.8 Å². The number of imidazole rings is 2. The number of halogens is 2. The van der Waals surface area contributed by atoms with Crippen molar-refractivity contribution in [2.24, 2.45) is 0 Å². The Morgan fingerprint density at radius 3 is 1.04 bits per heavy atom. The van der Waals surface area contributed by atoms with Crippen LogP contribution in [0.5, 0.6) is 0 Å². The third-order valence-corrected chi connectivity index (χ3v) is 20.1. The van der Waals surface area contributed by atoms with Gasteiger partial charge in [0.25, 0.3) is 0 Å². The van der Waals surface area contributed by atoms with E-state index in [0.29, 0.717) is 65.8 Å². The number of aryl methyl sites for hydroxylation is 4. The second-order valence-electron chi connectivity index (χ2n) is 19.9. The zero-order valence-corrected chi connectivity index (χ0v) is 52.9. The minimum atomic E-state index is -2.51. The number of unbranched alkanes of at least 4 members (excludes halogenated alkanes) is 14. The standard InChI is InChI=1S/C57H104N8O8Si2.2ClH/c1-10-68-74(69-11-2,70-12-3)44-30-26-22-18-16-20-24-28-34-58-56(66)60-36-32-38-62-40-42-64(49-62)47-54-51(7)46-52(8)55(53(54)9)48-65-43-41-63(50-65)39-33-37-61-57(67)59-35-29-25-21-17-19-23-27-31-45-75(71-13-4,72-14-5)73-15-6;;/h40-43,46,49-50H,10-39,44-45,47-48H2,1-9H3,(H2-2,58,59,60,61,66,67);2*1H. The molecule has 0 unspecified atom stereocenters. The van der Waals surface area contributed by atoms with E-state index in [0.717, 1.165) is 89.6 Å². The predicted molar refractivity (Wildman–Crippen MR) is 305 cm³/mol. The molecule has 0 spiro atoms. The maximum absolute atomic E-state index is 12.4. The Morgan fingerprint density at radius 2 is 0.727 bits per heavy atom. The number of hydrogen-bond donors (Lipinski definition) is 4. The van der Waals surface area contributed by atoms with Crippen LogP contribution < -0.4 is 55.2 Å². The van der Waals surface area contributed by atoms with E-state index >= 15 is 0 Å². The summed E-state index contributed by atoms with van der Waals surface area (Å²) in [6, 6.07) is 3.96. The molecule has 16 nitrogen and oxygen atoms in total. The number of rotatable bonds is 46. The van der Waals surface area contributed by atoms with Gasteiger partial charge in [-0.15, -0.1) is 0 Å². The highest BCUT2D eigenvalue weighted by Crippen LogP contribution is 2.24. The van der Waals surface area contributed by atoms with Gasteiger partial charge in [0.2, 0.25) is 12.7 Å². The molecule has 0 aliphatic heterocycles. The molecule has 0 aliphatic carbocycles. The van der Waals surface area contributed by atoms with Crippen LogP contribution in [0.25, 0.3) is 0 Å². The van der Waals surface area contributed by atoms with Crippen molar-refractivity contribution in [2.45, 2.75) is 216 Å². The summed E-state index contributed by atoms with van der Waals surface area (Å²) in [4.78, 5) is 24.9. The molecule has 3 rings (SSSR count). The lowest BCUT2D eigenvalue weighted by Crippen LogP contribution is -3.00. The van der Waals surface area contributed by atoms with Crippen molar-refractivity contribution in [1.29, 1.82) is 0 Å². The van der Waals surface area contributed by atoms with Gasteiger partial charge in [-0.05, 0) is 116 Å². The second-order valence-corrected chi connectivity index (χ2v) is 25.4. The summed E-state index contributed by atoms with van der Waals surface area (Å²) in [6.45, 7) is 28.5. The van der Waals surface area contributed by atoms with Crippen LogP contribution in [0.2, 0.25) is 12.1 Å². The Labute approximate surface area is 481 Å². The highest BCUT2D eigenvalue weighted by atomic mass is 35.5. The predicted octanol–water partition coefficient (Wildman–Crippen LogP) is 4.61. The van der Waals surface area contributed by atoms with Gasteiger partial charge in [-0.3, -0.25) is 0 Å². The van der Waals surface area contributed by atoms with E-state index in [9.17, 15) is 9.59 Å². The van der Waals surface area contributed by atoms with Gasteiger partial charge in [-0.2, -0.15) is 0 Å². The number of amides is 4. The fourth-order valence-electron chi connectivity index (χ4n) is 9.97. The fraction of sp³-hybridized carbons (Fsp3) is 0.754. The van der Waals surface area contributed by atoms with E-state index in [2.05, 4.69) is 104 Å². The normalized spacial score (nSPS) is 11.6. The summed E-state index contributed by atoms with van der Waals surface area (Å²) >= 11 is 0. The molecule has 0 saturated carbocycles. The van der Waals surface area contributed by atoms with Gasteiger partial charge in [0.05, 0.1) is 13.1 Å². The maximum Gasteiger partial charge on any atom is 0.500 e. The van der Waals surface area contributed by atoms with Crippen molar-refractivity contribution in [3.05, 3.63) is 71.3 Å². The molecule has 0 radical (unpaired) electrons. The smallest absolute Gasteiger partial charge is 0.500 e. The van der Waals surface area contributed by atoms with Gasteiger partial charge in [-0.25, -0.2) is 27.9 Å². The number of benzene rings is 1. The lowest BCUT2D eigenvalue weighted by Gasteiger charge is -2.28. The maximum atomic E-state index is 12.4. The molecule has 0 bridgehead atoms. The highest BCUT2D eigenvalue weighted by Gasteiger charge is 2.40. The average molecular weight is 1160 g/mol. The first-order valence-corrected chi connectivity index (χ1v) is 33.4. The van der Waals surface area contributed by atoms with E-state index in [1.54, 1.807) is 0 Å². The number of nitrogens with one attached hydrogen (secondary N) is 4. The molecule has 4 N–H and O–H groups in total. The number of carbonyl (C=O) groups is 2. The minimum Gasteiger partial charge on any atom is -1.00 e. The number of nitrogens with zero attached hydrogens (tertiary/aromatic N) is 4. The van der Waals surface area contributed by atoms with Crippen LogP contribution in [-0.4, -0.2) is 105 Å². The summed E-state index contributed by atoms with van der Waals surface area (Å²) in [7, 11) is -5.03. The SMILES string of the molecule is CCO[Si](CCCCCCCCCCNC(=O)NCCCn1cc[n+](Cc2c(C)cc(C)c(C[n+]3ccn(CCCNC(=O)NCCCCCCCCCC[Si](OCC)(OCC)OCC)c3)c2C)c1)(OCC)OCC.[Cl-].[Cl-]. The zero-order valence-electron chi connectivity index (χ0n) is 49.4. The van der Waals surface area contributed by atoms with E-state index in [-0.39, 0.29) is 36.9 Å². The van der Waals surface area contributed by atoms with Crippen LogP contribution in [0.4, 0.5) is 9.59 Å². The van der Waals surface area contributed by atoms with Gasteiger partial charge < -0.3 is 72.6 Å². The van der Waals surface area contributed by atoms with Crippen molar-refractivity contribution in [1.82, 2.24) is 30.4 Å². The van der Waals surface area contributed by atoms with Crippen LogP contribution >= 0.6 is 0 Å². The van der Waals surface area contributed by atoms with E-state index < -0.39 is 17.6 Å². The molecular weight excluding hydrogens is 1050 g/mol. The summed E-state index contributed by atoms with van der Waals surface area (Å²) in [6.07, 6.45) is 33.2. The molecule has 2 heterocycles. The molecule has 20 heteroatoms. The molecule has 444 valence electrons. The molecule has 0 saturated heterocycles. The number of urea groups is 2. The van der Waals surface area contributed by atoms with Gasteiger partial charge in [0, 0.05) is 90.8 Å². The molecule has 2 aromatic heterocycles. The van der Waals surface area contributed by atoms with Gasteiger partial charge in [-0.1, -0.05) is 83.1 Å². The largest absolute Gasteiger partial charge is 1.00 e. The molecule has 3 aromatic rings. The van der Waals surface area contributed by atoms with Crippen LogP contribution in [-0.2, 0) is 52.7 Å². The quantitative estimate of drug-likeness (QED) is 0.0364. The number of carbonyl (C=O) groups excluding carboxylic acids is 2. The number of aromatic nitrogens is 4. The van der Waals surface area contributed by atoms with Crippen LogP contribution in [0.15, 0.2) is 43.5 Å².